The van der Waals surface area contributed by atoms with E-state index in [4.69, 9.17) is 20.9 Å². The van der Waals surface area contributed by atoms with E-state index in [1.807, 2.05) is 0 Å². The van der Waals surface area contributed by atoms with Crippen LogP contribution in [-0.4, -0.2) is 64.6 Å². The molecule has 0 spiro atoms. The number of nitrogens with two attached hydrogens (primary N) is 2. The average molecular weight is 219 g/mol. The molecule has 0 unspecified atom stereocenters. The van der Waals surface area contributed by atoms with Crippen LogP contribution in [0.4, 0.5) is 0 Å². The Morgan fingerprint density at radius 1 is 0.933 bits per heavy atom. The van der Waals surface area contributed by atoms with Gasteiger partial charge in [-0.1, -0.05) is 0 Å². The van der Waals surface area contributed by atoms with Crippen LogP contribution in [0.1, 0.15) is 6.42 Å². The second-order valence-electron chi connectivity index (χ2n) is 3.38. The zero-order valence-corrected chi connectivity index (χ0v) is 9.78. The van der Waals surface area contributed by atoms with Gasteiger partial charge in [0.05, 0.1) is 13.2 Å². The van der Waals surface area contributed by atoms with E-state index in [0.29, 0.717) is 26.3 Å². The second-order valence-corrected chi connectivity index (χ2v) is 3.38. The smallest absolute Gasteiger partial charge is 0.0700 e. The molecule has 0 atom stereocenters. The fourth-order valence-corrected chi connectivity index (χ4v) is 1.34. The summed E-state index contributed by atoms with van der Waals surface area (Å²) < 4.78 is 10.2. The Morgan fingerprint density at radius 3 is 2.13 bits per heavy atom. The van der Waals surface area contributed by atoms with Gasteiger partial charge in [-0.05, 0) is 6.42 Å². The van der Waals surface area contributed by atoms with Crippen molar-refractivity contribution in [3.8, 4) is 0 Å². The lowest BCUT2D eigenvalue weighted by atomic mass is 10.3. The van der Waals surface area contributed by atoms with Crippen molar-refractivity contribution in [3.05, 3.63) is 0 Å². The van der Waals surface area contributed by atoms with Crippen LogP contribution in [-0.2, 0) is 9.47 Å². The predicted octanol–water partition coefficient (Wildman–Crippen LogP) is -0.741. The zero-order valence-electron chi connectivity index (χ0n) is 9.78. The maximum Gasteiger partial charge on any atom is 0.0700 e. The molecule has 0 heterocycles. The average Bonchev–Trinajstić information content (AvgIpc) is 2.24. The minimum atomic E-state index is 0.662. The van der Waals surface area contributed by atoms with Crippen molar-refractivity contribution in [2.45, 2.75) is 6.42 Å². The number of rotatable bonds is 11. The topological polar surface area (TPSA) is 73.7 Å². The van der Waals surface area contributed by atoms with E-state index in [1.165, 1.54) is 0 Å². The summed E-state index contributed by atoms with van der Waals surface area (Å²) in [5.41, 5.74) is 11.0. The van der Waals surface area contributed by atoms with Gasteiger partial charge in [-0.25, -0.2) is 0 Å². The van der Waals surface area contributed by atoms with E-state index in [-0.39, 0.29) is 0 Å². The molecule has 0 radical (unpaired) electrons. The third-order valence-electron chi connectivity index (χ3n) is 2.09. The van der Waals surface area contributed by atoms with E-state index >= 15 is 0 Å². The third-order valence-corrected chi connectivity index (χ3v) is 2.09. The largest absolute Gasteiger partial charge is 0.382 e. The monoisotopic (exact) mass is 219 g/mol. The molecule has 0 fully saturated rings. The molecule has 0 aromatic rings. The van der Waals surface area contributed by atoms with Gasteiger partial charge in [0.1, 0.15) is 0 Å². The highest BCUT2D eigenvalue weighted by atomic mass is 16.5. The Labute approximate surface area is 92.7 Å². The summed E-state index contributed by atoms with van der Waals surface area (Å²) in [6.07, 6.45) is 1.02. The van der Waals surface area contributed by atoms with Crippen molar-refractivity contribution in [2.24, 2.45) is 11.5 Å². The first-order chi connectivity index (χ1) is 7.35. The van der Waals surface area contributed by atoms with Gasteiger partial charge < -0.3 is 25.8 Å². The molecule has 4 N–H and O–H groups in total. The van der Waals surface area contributed by atoms with E-state index in [9.17, 15) is 0 Å². The molecule has 15 heavy (non-hydrogen) atoms. The summed E-state index contributed by atoms with van der Waals surface area (Å²) in [5.74, 6) is 0. The van der Waals surface area contributed by atoms with Gasteiger partial charge >= 0.3 is 0 Å². The van der Waals surface area contributed by atoms with E-state index in [1.54, 1.807) is 7.11 Å². The van der Waals surface area contributed by atoms with E-state index < -0.39 is 0 Å². The number of ether oxygens (including phenoxy) is 2. The molecule has 5 heteroatoms. The molecule has 0 saturated heterocycles. The molecule has 0 bridgehead atoms. The Hall–Kier alpha value is -0.200. The lowest BCUT2D eigenvalue weighted by Gasteiger charge is -2.20. The minimum absolute atomic E-state index is 0.662. The van der Waals surface area contributed by atoms with Crippen LogP contribution in [0.25, 0.3) is 0 Å². The Morgan fingerprint density at radius 2 is 1.60 bits per heavy atom. The van der Waals surface area contributed by atoms with Crippen molar-refractivity contribution >= 4 is 0 Å². The van der Waals surface area contributed by atoms with E-state index in [0.717, 1.165) is 32.7 Å². The van der Waals surface area contributed by atoms with Gasteiger partial charge in [-0.15, -0.1) is 0 Å². The van der Waals surface area contributed by atoms with E-state index in [2.05, 4.69) is 4.90 Å². The molecule has 0 amide bonds. The number of methoxy groups -OCH3 is 1. The van der Waals surface area contributed by atoms with Gasteiger partial charge in [0.25, 0.3) is 0 Å². The van der Waals surface area contributed by atoms with Crippen molar-refractivity contribution in [1.82, 2.24) is 4.90 Å². The van der Waals surface area contributed by atoms with Crippen LogP contribution in [0.2, 0.25) is 0 Å². The summed E-state index contributed by atoms with van der Waals surface area (Å²) in [6.45, 7) is 6.30. The zero-order chi connectivity index (χ0) is 11.4. The summed E-state index contributed by atoms with van der Waals surface area (Å²) in [5, 5.41) is 0. The summed E-state index contributed by atoms with van der Waals surface area (Å²) in [7, 11) is 1.67. The fourth-order valence-electron chi connectivity index (χ4n) is 1.34. The Bertz CT molecular complexity index is 119. The number of nitrogens with zero attached hydrogens (tertiary/aromatic N) is 1. The highest BCUT2D eigenvalue weighted by molar-refractivity contribution is 4.58. The summed E-state index contributed by atoms with van der Waals surface area (Å²) >= 11 is 0. The molecule has 0 aromatic heterocycles. The maximum atomic E-state index is 5.50. The molecule has 0 aliphatic heterocycles. The predicted molar refractivity (Wildman–Crippen MR) is 61.9 cm³/mol. The highest BCUT2D eigenvalue weighted by Gasteiger charge is 2.01. The first-order valence-electron chi connectivity index (χ1n) is 5.54. The molecule has 0 rings (SSSR count). The molecular formula is C10H25N3O2. The van der Waals surface area contributed by atoms with Crippen LogP contribution in [0.3, 0.4) is 0 Å². The van der Waals surface area contributed by atoms with Crippen molar-refractivity contribution in [2.75, 3.05) is 59.7 Å². The van der Waals surface area contributed by atoms with Crippen LogP contribution in [0.15, 0.2) is 0 Å². The molecule has 0 saturated carbocycles. The molecule has 92 valence electrons. The Kier molecular flexibility index (Phi) is 11.7. The Balaban J connectivity index is 3.28. The standard InChI is InChI=1S/C10H25N3O2/c1-14-9-10-15-8-2-5-13(6-3-11)7-4-12/h2-12H2,1H3. The first-order valence-corrected chi connectivity index (χ1v) is 5.54. The third kappa shape index (κ3) is 10.1. The fraction of sp³-hybridized carbons (Fsp3) is 1.00. The lowest BCUT2D eigenvalue weighted by Crippen LogP contribution is -2.35. The minimum Gasteiger partial charge on any atom is -0.382 e. The molecular weight excluding hydrogens is 194 g/mol. The molecule has 5 nitrogen and oxygen atoms in total. The molecule has 0 aromatic carbocycles. The summed E-state index contributed by atoms with van der Waals surface area (Å²) in [6, 6.07) is 0. The SMILES string of the molecule is COCCOCCCN(CCN)CCN. The van der Waals surface area contributed by atoms with Crippen LogP contribution in [0, 0.1) is 0 Å². The van der Waals surface area contributed by atoms with Crippen LogP contribution >= 0.6 is 0 Å². The first kappa shape index (κ1) is 14.8. The van der Waals surface area contributed by atoms with Crippen LogP contribution in [0.5, 0.6) is 0 Å². The molecule has 0 aliphatic rings. The van der Waals surface area contributed by atoms with Gasteiger partial charge in [-0.2, -0.15) is 0 Å². The number of hydrogen-bond acceptors (Lipinski definition) is 5. The normalized spacial score (nSPS) is 11.2. The van der Waals surface area contributed by atoms with Crippen LogP contribution < -0.4 is 11.5 Å². The quantitative estimate of drug-likeness (QED) is 0.448. The number of hydrogen-bond donors (Lipinski definition) is 2. The van der Waals surface area contributed by atoms with Gasteiger partial charge in [0, 0.05) is 46.4 Å². The van der Waals surface area contributed by atoms with Gasteiger partial charge in [0.2, 0.25) is 0 Å². The highest BCUT2D eigenvalue weighted by Crippen LogP contribution is 1.91. The van der Waals surface area contributed by atoms with Gasteiger partial charge in [0.15, 0.2) is 0 Å². The lowest BCUT2D eigenvalue weighted by molar-refractivity contribution is 0.0655. The van der Waals surface area contributed by atoms with Crippen molar-refractivity contribution in [3.63, 3.8) is 0 Å². The maximum absolute atomic E-state index is 5.50. The molecule has 0 aliphatic carbocycles. The second kappa shape index (κ2) is 11.9. The van der Waals surface area contributed by atoms with Crippen molar-refractivity contribution in [1.29, 1.82) is 0 Å². The van der Waals surface area contributed by atoms with Crippen molar-refractivity contribution < 1.29 is 9.47 Å². The summed E-state index contributed by atoms with van der Waals surface area (Å²) in [4.78, 5) is 2.26. The van der Waals surface area contributed by atoms with Gasteiger partial charge in [-0.3, -0.25) is 0 Å².